The minimum atomic E-state index is -0.146. The lowest BCUT2D eigenvalue weighted by Crippen LogP contribution is -2.21. The van der Waals surface area contributed by atoms with Crippen LogP contribution in [0, 0.1) is 0 Å². The van der Waals surface area contributed by atoms with Gasteiger partial charge in [-0.1, -0.05) is 36.4 Å². The van der Waals surface area contributed by atoms with Crippen molar-refractivity contribution in [1.29, 1.82) is 0 Å². The van der Waals surface area contributed by atoms with Crippen molar-refractivity contribution in [3.8, 4) is 0 Å². The second kappa shape index (κ2) is 7.90. The zero-order chi connectivity index (χ0) is 18.1. The molecule has 27 heavy (non-hydrogen) atoms. The molecule has 0 bridgehead atoms. The summed E-state index contributed by atoms with van der Waals surface area (Å²) in [5.74, 6) is 0.714. The predicted octanol–water partition coefficient (Wildman–Crippen LogP) is 3.18. The molecule has 4 rings (SSSR count). The molecule has 0 unspecified atom stereocenters. The monoisotopic (exact) mass is 383 g/mol. The van der Waals surface area contributed by atoms with Crippen LogP contribution in [0.1, 0.15) is 6.42 Å². The summed E-state index contributed by atoms with van der Waals surface area (Å²) in [6, 6.07) is 15.3. The lowest BCUT2D eigenvalue weighted by Gasteiger charge is -2.13. The largest absolute Gasteiger partial charge is 0.368 e. The molecule has 0 aliphatic carbocycles. The Bertz CT molecular complexity index is 1160. The van der Waals surface area contributed by atoms with Crippen molar-refractivity contribution in [3.05, 3.63) is 58.9 Å². The van der Waals surface area contributed by atoms with E-state index in [0.29, 0.717) is 22.4 Å². The molecule has 0 saturated carbocycles. The number of halogens is 1. The quantitative estimate of drug-likeness (QED) is 0.326. The van der Waals surface area contributed by atoms with Crippen LogP contribution in [0.3, 0.4) is 0 Å². The standard InChI is InChI=1S/C20H21N5O.ClH/c1-24(2)13-7-12-21-18-14-8-3-4-9-15(14)19-22-17-11-6-5-10-16(17)20(26)25(19)23-18;/h3-6,8-11H,7,12-13H2,1-2H3,(H,21,23);1H. The van der Waals surface area contributed by atoms with Gasteiger partial charge in [-0.25, -0.2) is 4.98 Å². The number of hydrogen-bond donors (Lipinski definition) is 1. The lowest BCUT2D eigenvalue weighted by molar-refractivity contribution is 0.405. The highest BCUT2D eigenvalue weighted by Crippen LogP contribution is 2.24. The maximum atomic E-state index is 12.9. The van der Waals surface area contributed by atoms with Crippen LogP contribution < -0.4 is 10.9 Å². The Hall–Kier alpha value is -2.70. The van der Waals surface area contributed by atoms with E-state index in [1.165, 1.54) is 4.52 Å². The van der Waals surface area contributed by atoms with Crippen molar-refractivity contribution in [1.82, 2.24) is 19.5 Å². The molecule has 2 heterocycles. The Morgan fingerprint density at radius 1 is 1.00 bits per heavy atom. The number of benzene rings is 2. The molecule has 4 aromatic rings. The molecule has 1 N–H and O–H groups in total. The van der Waals surface area contributed by atoms with Crippen LogP contribution in [-0.2, 0) is 0 Å². The first-order valence-electron chi connectivity index (χ1n) is 8.74. The van der Waals surface area contributed by atoms with Gasteiger partial charge in [0.1, 0.15) is 0 Å². The molecule has 140 valence electrons. The van der Waals surface area contributed by atoms with Crippen LogP contribution in [0.4, 0.5) is 5.82 Å². The third-order valence-electron chi connectivity index (χ3n) is 4.45. The smallest absolute Gasteiger partial charge is 0.282 e. The van der Waals surface area contributed by atoms with E-state index < -0.39 is 0 Å². The molecule has 0 amide bonds. The summed E-state index contributed by atoms with van der Waals surface area (Å²) in [5.41, 5.74) is 1.13. The van der Waals surface area contributed by atoms with Gasteiger partial charge in [-0.2, -0.15) is 4.52 Å². The third kappa shape index (κ3) is 3.59. The van der Waals surface area contributed by atoms with Gasteiger partial charge in [0.25, 0.3) is 5.56 Å². The van der Waals surface area contributed by atoms with Gasteiger partial charge in [-0.3, -0.25) is 4.79 Å². The second-order valence-corrected chi connectivity index (χ2v) is 6.65. The summed E-state index contributed by atoms with van der Waals surface area (Å²) in [7, 11) is 4.11. The van der Waals surface area contributed by atoms with Crippen molar-refractivity contribution in [2.45, 2.75) is 6.42 Å². The molecule has 0 aliphatic rings. The van der Waals surface area contributed by atoms with E-state index in [0.717, 1.165) is 30.3 Å². The minimum Gasteiger partial charge on any atom is -0.368 e. The maximum Gasteiger partial charge on any atom is 0.282 e. The molecular formula is C20H22ClN5O. The molecule has 0 saturated heterocycles. The SMILES string of the molecule is CN(C)CCCNc1nn2c(=O)c3ccccc3nc2c2ccccc12.Cl. The van der Waals surface area contributed by atoms with Crippen LogP contribution in [-0.4, -0.2) is 46.7 Å². The number of nitrogens with one attached hydrogen (secondary N) is 1. The van der Waals surface area contributed by atoms with Gasteiger partial charge in [-0.15, -0.1) is 17.5 Å². The maximum absolute atomic E-state index is 12.9. The van der Waals surface area contributed by atoms with Gasteiger partial charge >= 0.3 is 0 Å². The summed E-state index contributed by atoms with van der Waals surface area (Å²) >= 11 is 0. The number of rotatable bonds is 5. The van der Waals surface area contributed by atoms with Crippen molar-refractivity contribution in [2.24, 2.45) is 0 Å². The van der Waals surface area contributed by atoms with E-state index in [1.54, 1.807) is 6.07 Å². The number of fused-ring (bicyclic) bond motifs is 4. The number of para-hydroxylation sites is 1. The van der Waals surface area contributed by atoms with Crippen molar-refractivity contribution >= 4 is 45.5 Å². The van der Waals surface area contributed by atoms with Gasteiger partial charge in [0.05, 0.1) is 10.9 Å². The first kappa shape index (κ1) is 19.1. The molecule has 2 aromatic carbocycles. The Morgan fingerprint density at radius 3 is 2.41 bits per heavy atom. The average molecular weight is 384 g/mol. The van der Waals surface area contributed by atoms with Gasteiger partial charge in [0, 0.05) is 17.3 Å². The number of aromatic nitrogens is 3. The van der Waals surface area contributed by atoms with Gasteiger partial charge in [-0.05, 0) is 39.2 Å². The average Bonchev–Trinajstić information content (AvgIpc) is 2.66. The highest BCUT2D eigenvalue weighted by molar-refractivity contribution is 6.01. The van der Waals surface area contributed by atoms with Crippen LogP contribution in [0.2, 0.25) is 0 Å². The van der Waals surface area contributed by atoms with Crippen LogP contribution in [0.25, 0.3) is 27.3 Å². The van der Waals surface area contributed by atoms with E-state index >= 15 is 0 Å². The highest BCUT2D eigenvalue weighted by atomic mass is 35.5. The van der Waals surface area contributed by atoms with Crippen molar-refractivity contribution in [3.63, 3.8) is 0 Å². The van der Waals surface area contributed by atoms with Crippen molar-refractivity contribution < 1.29 is 0 Å². The number of anilines is 1. The summed E-state index contributed by atoms with van der Waals surface area (Å²) in [5, 5.41) is 10.4. The minimum absolute atomic E-state index is 0. The van der Waals surface area contributed by atoms with E-state index in [4.69, 9.17) is 4.98 Å². The number of hydrogen-bond acceptors (Lipinski definition) is 5. The number of nitrogens with zero attached hydrogens (tertiary/aromatic N) is 4. The topological polar surface area (TPSA) is 62.5 Å². The van der Waals surface area contributed by atoms with Crippen LogP contribution in [0.5, 0.6) is 0 Å². The van der Waals surface area contributed by atoms with E-state index in [9.17, 15) is 4.79 Å². The van der Waals surface area contributed by atoms with E-state index in [1.807, 2.05) is 42.5 Å². The fraction of sp³-hybridized carbons (Fsp3) is 0.250. The molecule has 7 heteroatoms. The Balaban J connectivity index is 0.00000210. The Kier molecular flexibility index (Phi) is 5.58. The summed E-state index contributed by atoms with van der Waals surface area (Å²) in [6.45, 7) is 1.78. The molecular weight excluding hydrogens is 362 g/mol. The summed E-state index contributed by atoms with van der Waals surface area (Å²) in [4.78, 5) is 19.8. The molecule has 0 aliphatic heterocycles. The van der Waals surface area contributed by atoms with Gasteiger partial charge in [0.15, 0.2) is 11.5 Å². The Labute approximate surface area is 163 Å². The first-order valence-corrected chi connectivity index (χ1v) is 8.74. The summed E-state index contributed by atoms with van der Waals surface area (Å²) < 4.78 is 1.42. The predicted molar refractivity (Wildman–Crippen MR) is 113 cm³/mol. The normalized spacial score (nSPS) is 11.2. The van der Waals surface area contributed by atoms with Crippen molar-refractivity contribution in [2.75, 3.05) is 32.5 Å². The van der Waals surface area contributed by atoms with E-state index in [-0.39, 0.29) is 18.0 Å². The lowest BCUT2D eigenvalue weighted by atomic mass is 10.1. The molecule has 0 radical (unpaired) electrons. The van der Waals surface area contributed by atoms with E-state index in [2.05, 4.69) is 29.4 Å². The Morgan fingerprint density at radius 2 is 1.67 bits per heavy atom. The highest BCUT2D eigenvalue weighted by Gasteiger charge is 2.12. The second-order valence-electron chi connectivity index (χ2n) is 6.65. The fourth-order valence-electron chi connectivity index (χ4n) is 3.16. The fourth-order valence-corrected chi connectivity index (χ4v) is 3.16. The van der Waals surface area contributed by atoms with Gasteiger partial charge < -0.3 is 10.2 Å². The van der Waals surface area contributed by atoms with Crippen LogP contribution >= 0.6 is 12.4 Å². The molecule has 0 spiro atoms. The third-order valence-corrected chi connectivity index (χ3v) is 4.45. The summed E-state index contributed by atoms with van der Waals surface area (Å²) in [6.07, 6.45) is 0.992. The molecule has 6 nitrogen and oxygen atoms in total. The molecule has 2 aromatic heterocycles. The first-order chi connectivity index (χ1) is 12.6. The van der Waals surface area contributed by atoms with Gasteiger partial charge in [0.2, 0.25) is 0 Å². The molecule has 0 atom stereocenters. The molecule has 0 fully saturated rings. The zero-order valence-corrected chi connectivity index (χ0v) is 16.2. The van der Waals surface area contributed by atoms with Crippen LogP contribution in [0.15, 0.2) is 53.3 Å². The zero-order valence-electron chi connectivity index (χ0n) is 15.3.